The Morgan fingerprint density at radius 3 is 2.53 bits per heavy atom. The molecule has 0 spiro atoms. The van der Waals surface area contributed by atoms with Crippen LogP contribution in [0.3, 0.4) is 0 Å². The Morgan fingerprint density at radius 1 is 1.42 bits per heavy atom. The second kappa shape index (κ2) is 7.55. The molecular formula is C13H18N2O2S2. The van der Waals surface area contributed by atoms with Gasteiger partial charge in [-0.15, -0.1) is 6.58 Å². The molecule has 0 aliphatic heterocycles. The molecule has 2 atom stereocenters. The summed E-state index contributed by atoms with van der Waals surface area (Å²) in [4.78, 5) is 14.2. The zero-order valence-electron chi connectivity index (χ0n) is 11.3. The van der Waals surface area contributed by atoms with Gasteiger partial charge in [0.2, 0.25) is 0 Å². The molecule has 104 valence electrons. The van der Waals surface area contributed by atoms with Gasteiger partial charge >= 0.3 is 0 Å². The second-order valence-corrected chi connectivity index (χ2v) is 6.99. The van der Waals surface area contributed by atoms with Crippen molar-refractivity contribution in [2.75, 3.05) is 0 Å². The summed E-state index contributed by atoms with van der Waals surface area (Å²) in [5.41, 5.74) is 0.0187. The van der Waals surface area contributed by atoms with Gasteiger partial charge in [0.25, 0.3) is 5.69 Å². The Labute approximate surface area is 121 Å². The zero-order chi connectivity index (χ0) is 14.4. The predicted octanol–water partition coefficient (Wildman–Crippen LogP) is 4.58. The van der Waals surface area contributed by atoms with Crippen LogP contribution in [-0.2, 0) is 0 Å². The van der Waals surface area contributed by atoms with E-state index >= 15 is 0 Å². The topological polar surface area (TPSA) is 56.0 Å². The molecule has 19 heavy (non-hydrogen) atoms. The van der Waals surface area contributed by atoms with Crippen molar-refractivity contribution in [3.63, 3.8) is 0 Å². The Morgan fingerprint density at radius 2 is 2.11 bits per heavy atom. The van der Waals surface area contributed by atoms with Crippen LogP contribution in [0.15, 0.2) is 36.0 Å². The normalized spacial score (nSPS) is 14.1. The van der Waals surface area contributed by atoms with E-state index in [1.807, 2.05) is 6.08 Å². The largest absolute Gasteiger partial charge is 0.287 e. The maximum Gasteiger partial charge on any atom is 0.287 e. The lowest BCUT2D eigenvalue weighted by molar-refractivity contribution is -0.385. The van der Waals surface area contributed by atoms with Gasteiger partial charge in [-0.05, 0) is 28.7 Å². The van der Waals surface area contributed by atoms with Crippen molar-refractivity contribution in [3.05, 3.63) is 41.1 Å². The summed E-state index contributed by atoms with van der Waals surface area (Å²) in [6.45, 7) is 10.5. The Kier molecular flexibility index (Phi) is 6.37. The second-order valence-electron chi connectivity index (χ2n) is 4.59. The quantitative estimate of drug-likeness (QED) is 0.319. The Bertz CT molecular complexity index is 435. The molecule has 1 rings (SSSR count). The molecule has 0 aliphatic carbocycles. The number of nitrogens with zero attached hydrogens (tertiary/aromatic N) is 2. The highest BCUT2D eigenvalue weighted by Crippen LogP contribution is 2.38. The summed E-state index contributed by atoms with van der Waals surface area (Å²) < 4.78 is 0. The van der Waals surface area contributed by atoms with Gasteiger partial charge in [-0.25, -0.2) is 4.98 Å². The molecule has 6 heteroatoms. The molecule has 0 amide bonds. The monoisotopic (exact) mass is 298 g/mol. The van der Waals surface area contributed by atoms with Crippen molar-refractivity contribution in [2.45, 2.75) is 31.0 Å². The summed E-state index contributed by atoms with van der Waals surface area (Å²) in [6.07, 6.45) is 3.24. The first-order valence-corrected chi connectivity index (χ1v) is 8.23. The van der Waals surface area contributed by atoms with E-state index in [2.05, 4.69) is 32.3 Å². The highest BCUT2D eigenvalue weighted by atomic mass is 33.1. The SMILES string of the molecule is C=CC(SSc1ccc([N+](=O)[O-])cn1)C(C)C(C)C. The van der Waals surface area contributed by atoms with E-state index in [1.165, 1.54) is 23.1 Å². The summed E-state index contributed by atoms with van der Waals surface area (Å²) in [5, 5.41) is 11.6. The molecule has 4 nitrogen and oxygen atoms in total. The molecular weight excluding hydrogens is 280 g/mol. The summed E-state index contributed by atoms with van der Waals surface area (Å²) in [5.74, 6) is 1.11. The van der Waals surface area contributed by atoms with Gasteiger partial charge in [-0.3, -0.25) is 10.1 Å². The summed E-state index contributed by atoms with van der Waals surface area (Å²) in [7, 11) is 3.22. The third-order valence-electron chi connectivity index (χ3n) is 2.98. The highest BCUT2D eigenvalue weighted by molar-refractivity contribution is 8.77. The van der Waals surface area contributed by atoms with Crippen molar-refractivity contribution in [3.8, 4) is 0 Å². The maximum absolute atomic E-state index is 10.5. The lowest BCUT2D eigenvalue weighted by Gasteiger charge is -2.22. The average Bonchev–Trinajstić information content (AvgIpc) is 2.39. The van der Waals surface area contributed by atoms with Crippen LogP contribution < -0.4 is 0 Å². The van der Waals surface area contributed by atoms with Crippen LogP contribution in [0.4, 0.5) is 5.69 Å². The van der Waals surface area contributed by atoms with E-state index in [4.69, 9.17) is 0 Å². The Hall–Kier alpha value is -1.01. The van der Waals surface area contributed by atoms with Gasteiger partial charge in [-0.2, -0.15) is 0 Å². The third-order valence-corrected chi connectivity index (χ3v) is 5.80. The van der Waals surface area contributed by atoms with Gasteiger partial charge in [0.1, 0.15) is 11.2 Å². The van der Waals surface area contributed by atoms with Gasteiger partial charge in [0.05, 0.1) is 4.92 Å². The summed E-state index contributed by atoms with van der Waals surface area (Å²) >= 11 is 0. The lowest BCUT2D eigenvalue weighted by Crippen LogP contribution is -2.16. The number of pyridine rings is 1. The minimum atomic E-state index is -0.442. The van der Waals surface area contributed by atoms with Crippen molar-refractivity contribution < 1.29 is 4.92 Å². The van der Waals surface area contributed by atoms with Crippen LogP contribution in [0.1, 0.15) is 20.8 Å². The average molecular weight is 298 g/mol. The molecule has 0 bridgehead atoms. The maximum atomic E-state index is 10.5. The fraction of sp³-hybridized carbons (Fsp3) is 0.462. The first-order valence-electron chi connectivity index (χ1n) is 6.02. The van der Waals surface area contributed by atoms with E-state index in [9.17, 15) is 10.1 Å². The van der Waals surface area contributed by atoms with Gasteiger partial charge < -0.3 is 0 Å². The number of hydrogen-bond acceptors (Lipinski definition) is 5. The van der Waals surface area contributed by atoms with E-state index < -0.39 is 4.92 Å². The smallest absolute Gasteiger partial charge is 0.258 e. The van der Waals surface area contributed by atoms with Crippen molar-refractivity contribution in [1.82, 2.24) is 4.98 Å². The molecule has 0 aliphatic rings. The van der Waals surface area contributed by atoms with E-state index in [-0.39, 0.29) is 5.69 Å². The molecule has 0 saturated heterocycles. The molecule has 0 aromatic carbocycles. The first-order chi connectivity index (χ1) is 8.95. The van der Waals surface area contributed by atoms with E-state index in [0.717, 1.165) is 5.03 Å². The third kappa shape index (κ3) is 4.87. The van der Waals surface area contributed by atoms with Crippen LogP contribution in [0.5, 0.6) is 0 Å². The van der Waals surface area contributed by atoms with E-state index in [0.29, 0.717) is 17.1 Å². The van der Waals surface area contributed by atoms with Crippen molar-refractivity contribution >= 4 is 27.3 Å². The van der Waals surface area contributed by atoms with Crippen LogP contribution >= 0.6 is 21.6 Å². The summed E-state index contributed by atoms with van der Waals surface area (Å²) in [6, 6.07) is 3.15. The first kappa shape index (κ1) is 16.0. The molecule has 0 N–H and O–H groups in total. The van der Waals surface area contributed by atoms with Gasteiger partial charge in [0.15, 0.2) is 0 Å². The lowest BCUT2D eigenvalue weighted by atomic mass is 9.94. The van der Waals surface area contributed by atoms with Crippen molar-refractivity contribution in [1.29, 1.82) is 0 Å². The molecule has 2 unspecified atom stereocenters. The molecule has 1 heterocycles. The van der Waals surface area contributed by atoms with Crippen LogP contribution in [0.2, 0.25) is 0 Å². The van der Waals surface area contributed by atoms with Crippen molar-refractivity contribution in [2.24, 2.45) is 11.8 Å². The number of rotatable bonds is 7. The van der Waals surface area contributed by atoms with Crippen LogP contribution in [-0.4, -0.2) is 15.2 Å². The standard InChI is InChI=1S/C13H18N2O2S2/c1-5-12(10(4)9(2)3)18-19-13-7-6-11(8-14-13)15(16)17/h5-10,12H,1H2,2-4H3. The fourth-order valence-corrected chi connectivity index (χ4v) is 4.04. The number of nitro groups is 1. The molecule has 0 saturated carbocycles. The Balaban J connectivity index is 2.60. The van der Waals surface area contributed by atoms with Gasteiger partial charge in [0, 0.05) is 11.3 Å². The molecule has 1 aromatic rings. The minimum Gasteiger partial charge on any atom is -0.258 e. The zero-order valence-corrected chi connectivity index (χ0v) is 12.9. The number of aromatic nitrogens is 1. The van der Waals surface area contributed by atoms with E-state index in [1.54, 1.807) is 16.9 Å². The predicted molar refractivity (Wildman–Crippen MR) is 82.3 cm³/mol. The molecule has 0 fully saturated rings. The highest BCUT2D eigenvalue weighted by Gasteiger charge is 2.18. The molecule has 1 aromatic heterocycles. The fourth-order valence-electron chi connectivity index (χ4n) is 1.36. The van der Waals surface area contributed by atoms with Gasteiger partial charge in [-0.1, -0.05) is 37.6 Å². The van der Waals surface area contributed by atoms with Crippen LogP contribution in [0.25, 0.3) is 0 Å². The minimum absolute atomic E-state index is 0.0187. The van der Waals surface area contributed by atoms with Crippen LogP contribution in [0, 0.1) is 22.0 Å². The number of hydrogen-bond donors (Lipinski definition) is 0. The molecule has 0 radical (unpaired) electrons.